The van der Waals surface area contributed by atoms with E-state index >= 15 is 0 Å². The molecule has 1 aromatic rings. The fourth-order valence-electron chi connectivity index (χ4n) is 1.42. The lowest BCUT2D eigenvalue weighted by molar-refractivity contribution is -0.129. The second-order valence-corrected chi connectivity index (χ2v) is 4.02. The molecule has 0 atom stereocenters. The SMILES string of the molecule is COc1cccc(CN(C)C(=O)CCS)c1. The number of ether oxygens (including phenoxy) is 1. The molecule has 0 aliphatic carbocycles. The zero-order valence-electron chi connectivity index (χ0n) is 9.64. The summed E-state index contributed by atoms with van der Waals surface area (Å²) in [7, 11) is 3.43. The molecule has 0 unspecified atom stereocenters. The van der Waals surface area contributed by atoms with E-state index in [0.717, 1.165) is 11.3 Å². The summed E-state index contributed by atoms with van der Waals surface area (Å²) in [5.41, 5.74) is 1.06. The van der Waals surface area contributed by atoms with Crippen molar-refractivity contribution in [1.29, 1.82) is 0 Å². The molecule has 1 aromatic carbocycles. The van der Waals surface area contributed by atoms with Crippen LogP contribution in [0.15, 0.2) is 24.3 Å². The summed E-state index contributed by atoms with van der Waals surface area (Å²) >= 11 is 4.04. The first-order valence-corrected chi connectivity index (χ1v) is 5.78. The second-order valence-electron chi connectivity index (χ2n) is 3.57. The van der Waals surface area contributed by atoms with Crippen LogP contribution in [0, 0.1) is 0 Å². The van der Waals surface area contributed by atoms with Crippen LogP contribution in [0.25, 0.3) is 0 Å². The first kappa shape index (κ1) is 12.9. The number of hydrogen-bond donors (Lipinski definition) is 1. The van der Waals surface area contributed by atoms with Gasteiger partial charge in [-0.15, -0.1) is 0 Å². The third-order valence-electron chi connectivity index (χ3n) is 2.31. The average Bonchev–Trinajstić information content (AvgIpc) is 2.29. The fourth-order valence-corrected chi connectivity index (χ4v) is 1.61. The largest absolute Gasteiger partial charge is 0.497 e. The molecular formula is C12H17NO2S. The normalized spacial score (nSPS) is 9.94. The van der Waals surface area contributed by atoms with Crippen molar-refractivity contribution in [2.45, 2.75) is 13.0 Å². The summed E-state index contributed by atoms with van der Waals surface area (Å²) in [6.07, 6.45) is 0.476. The minimum Gasteiger partial charge on any atom is -0.497 e. The predicted octanol–water partition coefficient (Wildman–Crippen LogP) is 1.97. The highest BCUT2D eigenvalue weighted by Crippen LogP contribution is 2.14. The molecule has 16 heavy (non-hydrogen) atoms. The molecule has 0 aliphatic heterocycles. The smallest absolute Gasteiger partial charge is 0.223 e. The van der Waals surface area contributed by atoms with Gasteiger partial charge in [-0.25, -0.2) is 0 Å². The monoisotopic (exact) mass is 239 g/mol. The molecule has 0 radical (unpaired) electrons. The van der Waals surface area contributed by atoms with Crippen LogP contribution in [0.5, 0.6) is 5.75 Å². The van der Waals surface area contributed by atoms with Crippen molar-refractivity contribution < 1.29 is 9.53 Å². The minimum atomic E-state index is 0.109. The fraction of sp³-hybridized carbons (Fsp3) is 0.417. The molecule has 0 heterocycles. The van der Waals surface area contributed by atoms with E-state index < -0.39 is 0 Å². The highest BCUT2D eigenvalue weighted by Gasteiger charge is 2.08. The van der Waals surface area contributed by atoms with E-state index in [4.69, 9.17) is 4.74 Å². The second kappa shape index (κ2) is 6.43. The standard InChI is InChI=1S/C12H17NO2S/c1-13(12(14)6-7-16)9-10-4-3-5-11(8-10)15-2/h3-5,8,16H,6-7,9H2,1-2H3. The Balaban J connectivity index is 2.61. The van der Waals surface area contributed by atoms with Gasteiger partial charge in [0.25, 0.3) is 0 Å². The van der Waals surface area contributed by atoms with Gasteiger partial charge in [0.05, 0.1) is 7.11 Å². The minimum absolute atomic E-state index is 0.109. The van der Waals surface area contributed by atoms with Crippen LogP contribution in [0.4, 0.5) is 0 Å². The Kier molecular flexibility index (Phi) is 5.19. The van der Waals surface area contributed by atoms with E-state index in [-0.39, 0.29) is 5.91 Å². The zero-order valence-corrected chi connectivity index (χ0v) is 10.5. The molecule has 0 aromatic heterocycles. The maximum absolute atomic E-state index is 11.5. The van der Waals surface area contributed by atoms with Crippen LogP contribution in [0.1, 0.15) is 12.0 Å². The summed E-state index contributed by atoms with van der Waals surface area (Å²) in [4.78, 5) is 13.2. The Morgan fingerprint density at radius 2 is 2.25 bits per heavy atom. The van der Waals surface area contributed by atoms with Gasteiger partial charge in [-0.1, -0.05) is 12.1 Å². The molecular weight excluding hydrogens is 222 g/mol. The molecule has 3 nitrogen and oxygen atoms in total. The maximum Gasteiger partial charge on any atom is 0.223 e. The number of amides is 1. The molecule has 4 heteroatoms. The van der Waals surface area contributed by atoms with Gasteiger partial charge in [0.1, 0.15) is 5.75 Å². The third-order valence-corrected chi connectivity index (χ3v) is 2.53. The van der Waals surface area contributed by atoms with E-state index in [1.165, 1.54) is 0 Å². The number of nitrogens with zero attached hydrogens (tertiary/aromatic N) is 1. The third kappa shape index (κ3) is 3.77. The quantitative estimate of drug-likeness (QED) is 0.796. The lowest BCUT2D eigenvalue weighted by Crippen LogP contribution is -2.26. The van der Waals surface area contributed by atoms with Crippen molar-refractivity contribution >= 4 is 18.5 Å². The summed E-state index contributed by atoms with van der Waals surface area (Å²) in [6.45, 7) is 0.601. The van der Waals surface area contributed by atoms with Crippen molar-refractivity contribution in [2.24, 2.45) is 0 Å². The van der Waals surface area contributed by atoms with Crippen molar-refractivity contribution in [3.8, 4) is 5.75 Å². The number of rotatable bonds is 5. The molecule has 0 spiro atoms. The van der Waals surface area contributed by atoms with Gasteiger partial charge >= 0.3 is 0 Å². The zero-order chi connectivity index (χ0) is 12.0. The Labute approximate surface area is 102 Å². The highest BCUT2D eigenvalue weighted by atomic mass is 32.1. The van der Waals surface area contributed by atoms with E-state index in [2.05, 4.69) is 12.6 Å². The number of carbonyl (C=O) groups excluding carboxylic acids is 1. The number of methoxy groups -OCH3 is 1. The van der Waals surface area contributed by atoms with Gasteiger partial charge < -0.3 is 9.64 Å². The Bertz CT molecular complexity index is 355. The van der Waals surface area contributed by atoms with Gasteiger partial charge in [-0.2, -0.15) is 12.6 Å². The number of benzene rings is 1. The van der Waals surface area contributed by atoms with Crippen LogP contribution < -0.4 is 4.74 Å². The first-order valence-electron chi connectivity index (χ1n) is 5.15. The topological polar surface area (TPSA) is 29.5 Å². The van der Waals surface area contributed by atoms with Crippen molar-refractivity contribution in [2.75, 3.05) is 19.9 Å². The van der Waals surface area contributed by atoms with Gasteiger partial charge in [-0.3, -0.25) is 4.79 Å². The van der Waals surface area contributed by atoms with Crippen molar-refractivity contribution in [1.82, 2.24) is 4.90 Å². The predicted molar refractivity (Wildman–Crippen MR) is 67.9 cm³/mol. The van der Waals surface area contributed by atoms with Crippen LogP contribution in [-0.4, -0.2) is 30.7 Å². The van der Waals surface area contributed by atoms with Crippen LogP contribution >= 0.6 is 12.6 Å². The van der Waals surface area contributed by atoms with Crippen molar-refractivity contribution in [3.63, 3.8) is 0 Å². The van der Waals surface area contributed by atoms with Gasteiger partial charge in [0.15, 0.2) is 0 Å². The number of carbonyl (C=O) groups is 1. The Hall–Kier alpha value is -1.16. The number of hydrogen-bond acceptors (Lipinski definition) is 3. The molecule has 0 N–H and O–H groups in total. The molecule has 0 saturated carbocycles. The average molecular weight is 239 g/mol. The maximum atomic E-state index is 11.5. The van der Waals surface area contributed by atoms with E-state index in [9.17, 15) is 4.79 Å². The lowest BCUT2D eigenvalue weighted by Gasteiger charge is -2.17. The highest BCUT2D eigenvalue weighted by molar-refractivity contribution is 7.80. The van der Waals surface area contributed by atoms with Gasteiger partial charge in [0.2, 0.25) is 5.91 Å². The lowest BCUT2D eigenvalue weighted by atomic mass is 10.2. The molecule has 0 aliphatic rings. The van der Waals surface area contributed by atoms with E-state index in [0.29, 0.717) is 18.7 Å². The van der Waals surface area contributed by atoms with Crippen LogP contribution in [0.2, 0.25) is 0 Å². The Morgan fingerprint density at radius 3 is 2.88 bits per heavy atom. The van der Waals surface area contributed by atoms with Gasteiger partial charge in [-0.05, 0) is 23.4 Å². The van der Waals surface area contributed by atoms with Crippen molar-refractivity contribution in [3.05, 3.63) is 29.8 Å². The first-order chi connectivity index (χ1) is 7.67. The van der Waals surface area contributed by atoms with Gasteiger partial charge in [0, 0.05) is 20.0 Å². The van der Waals surface area contributed by atoms with E-state index in [1.807, 2.05) is 24.3 Å². The molecule has 1 rings (SSSR count). The summed E-state index contributed by atoms with van der Waals surface area (Å²) in [5.74, 6) is 1.51. The van der Waals surface area contributed by atoms with Crippen LogP contribution in [0.3, 0.4) is 0 Å². The number of thiol groups is 1. The van der Waals surface area contributed by atoms with E-state index in [1.54, 1.807) is 19.1 Å². The molecule has 1 amide bonds. The molecule has 0 bridgehead atoms. The Morgan fingerprint density at radius 1 is 1.50 bits per heavy atom. The summed E-state index contributed by atoms with van der Waals surface area (Å²) in [5, 5.41) is 0. The molecule has 88 valence electrons. The summed E-state index contributed by atoms with van der Waals surface area (Å²) < 4.78 is 5.13. The molecule has 0 saturated heterocycles. The molecule has 0 fully saturated rings. The summed E-state index contributed by atoms with van der Waals surface area (Å²) in [6, 6.07) is 7.72. The van der Waals surface area contributed by atoms with Crippen LogP contribution in [-0.2, 0) is 11.3 Å².